The van der Waals surface area contributed by atoms with E-state index in [1.807, 2.05) is 25.1 Å². The maximum atomic E-state index is 5.64. The average Bonchev–Trinajstić information content (AvgIpc) is 2.84. The van der Waals surface area contributed by atoms with Crippen LogP contribution < -0.4 is 14.4 Å². The minimum Gasteiger partial charge on any atom is -0.454 e. The van der Waals surface area contributed by atoms with Crippen molar-refractivity contribution < 1.29 is 19.2 Å². The van der Waals surface area contributed by atoms with E-state index in [-0.39, 0.29) is 18.6 Å². The molecule has 0 aliphatic carbocycles. The highest BCUT2D eigenvalue weighted by molar-refractivity contribution is 5.89. The van der Waals surface area contributed by atoms with Gasteiger partial charge < -0.3 is 14.3 Å². The Balaban J connectivity index is 1.95. The molecular formula is C14H19N2O3+. The molecule has 1 aromatic rings. The van der Waals surface area contributed by atoms with Crippen LogP contribution in [0.2, 0.25) is 0 Å². The Labute approximate surface area is 112 Å². The Bertz CT molecular complexity index is 539. The molecular weight excluding hydrogens is 244 g/mol. The fourth-order valence-electron chi connectivity index (χ4n) is 2.33. The summed E-state index contributed by atoms with van der Waals surface area (Å²) in [5.74, 6) is 1.56. The number of rotatable bonds is 1. The number of benzene rings is 1. The number of hydrogen-bond donors (Lipinski definition) is 1. The Kier molecular flexibility index (Phi) is 2.67. The first-order valence-electron chi connectivity index (χ1n) is 6.44. The second kappa shape index (κ2) is 4.13. The van der Waals surface area contributed by atoms with Crippen molar-refractivity contribution in [2.24, 2.45) is 5.16 Å². The molecule has 1 unspecified atom stereocenters. The van der Waals surface area contributed by atoms with Gasteiger partial charge in [-0.05, 0) is 39.0 Å². The topological polar surface area (TPSA) is 44.5 Å². The minimum atomic E-state index is -0.131. The number of quaternary nitrogens is 1. The summed E-state index contributed by atoms with van der Waals surface area (Å²) >= 11 is 0. The van der Waals surface area contributed by atoms with Gasteiger partial charge in [-0.25, -0.2) is 0 Å². The maximum absolute atomic E-state index is 5.64. The van der Waals surface area contributed by atoms with Crippen LogP contribution in [-0.2, 0) is 4.84 Å². The molecule has 5 nitrogen and oxygen atoms in total. The molecule has 2 aliphatic heterocycles. The zero-order valence-electron chi connectivity index (χ0n) is 11.7. The second-order valence-electron chi connectivity index (χ2n) is 5.58. The predicted molar refractivity (Wildman–Crippen MR) is 70.5 cm³/mol. The van der Waals surface area contributed by atoms with E-state index in [0.29, 0.717) is 0 Å². The fraction of sp³-hybridized carbons (Fsp3) is 0.500. The van der Waals surface area contributed by atoms with Crippen molar-refractivity contribution in [1.29, 1.82) is 0 Å². The normalized spacial score (nSPS) is 27.7. The summed E-state index contributed by atoms with van der Waals surface area (Å²) in [6.45, 7) is 6.63. The van der Waals surface area contributed by atoms with Crippen LogP contribution in [0.4, 0.5) is 0 Å². The van der Waals surface area contributed by atoms with Crippen LogP contribution in [0.1, 0.15) is 32.6 Å². The SMILES string of the molecule is CC1=NO[C@H](c2ccc3c(c2)OCO3)[NH+](C)C1(C)C. The van der Waals surface area contributed by atoms with E-state index in [2.05, 4.69) is 26.1 Å². The molecule has 102 valence electrons. The first-order valence-corrected chi connectivity index (χ1v) is 6.44. The molecule has 0 spiro atoms. The summed E-state index contributed by atoms with van der Waals surface area (Å²) in [6, 6.07) is 5.91. The average molecular weight is 263 g/mol. The predicted octanol–water partition coefficient (Wildman–Crippen LogP) is 1.11. The monoisotopic (exact) mass is 263 g/mol. The third-order valence-electron chi connectivity index (χ3n) is 4.28. The number of nitrogens with one attached hydrogen (secondary N) is 1. The molecule has 2 atom stereocenters. The number of oxime groups is 1. The molecule has 1 aromatic carbocycles. The quantitative estimate of drug-likeness (QED) is 0.825. The Hall–Kier alpha value is -1.75. The van der Waals surface area contributed by atoms with Gasteiger partial charge >= 0.3 is 0 Å². The summed E-state index contributed by atoms with van der Waals surface area (Å²) in [5.41, 5.74) is 1.99. The van der Waals surface area contributed by atoms with Crippen molar-refractivity contribution >= 4 is 5.71 Å². The Morgan fingerprint density at radius 1 is 1.26 bits per heavy atom. The van der Waals surface area contributed by atoms with Gasteiger partial charge in [0.1, 0.15) is 11.3 Å². The molecule has 0 bridgehead atoms. The fourth-order valence-corrected chi connectivity index (χ4v) is 2.33. The molecule has 19 heavy (non-hydrogen) atoms. The van der Waals surface area contributed by atoms with Crippen LogP contribution in [0.3, 0.4) is 0 Å². The van der Waals surface area contributed by atoms with Crippen LogP contribution in [0.5, 0.6) is 11.5 Å². The standard InChI is InChI=1S/C14H18N2O3/c1-9-14(2,3)16(4)13(19-15-9)10-5-6-11-12(7-10)18-8-17-11/h5-7,13H,8H2,1-4H3/p+1/t13-/m1/s1. The van der Waals surface area contributed by atoms with Crippen molar-refractivity contribution in [3.63, 3.8) is 0 Å². The lowest BCUT2D eigenvalue weighted by molar-refractivity contribution is -0.975. The Morgan fingerprint density at radius 2 is 2.00 bits per heavy atom. The number of fused-ring (bicyclic) bond motifs is 1. The zero-order chi connectivity index (χ0) is 13.6. The Morgan fingerprint density at radius 3 is 2.79 bits per heavy atom. The van der Waals surface area contributed by atoms with Gasteiger partial charge in [0.05, 0.1) is 12.6 Å². The van der Waals surface area contributed by atoms with Crippen LogP contribution in [-0.4, -0.2) is 25.1 Å². The molecule has 1 N–H and O–H groups in total. The molecule has 0 radical (unpaired) electrons. The van der Waals surface area contributed by atoms with Gasteiger partial charge in [-0.1, -0.05) is 5.16 Å². The maximum Gasteiger partial charge on any atom is 0.283 e. The van der Waals surface area contributed by atoms with E-state index in [9.17, 15) is 0 Å². The summed E-state index contributed by atoms with van der Waals surface area (Å²) < 4.78 is 10.7. The van der Waals surface area contributed by atoms with Crippen LogP contribution in [0, 0.1) is 0 Å². The smallest absolute Gasteiger partial charge is 0.283 e. The molecule has 0 saturated carbocycles. The summed E-state index contributed by atoms with van der Waals surface area (Å²) in [4.78, 5) is 6.89. The van der Waals surface area contributed by atoms with E-state index in [1.54, 1.807) is 0 Å². The van der Waals surface area contributed by atoms with Crippen LogP contribution in [0.15, 0.2) is 23.4 Å². The molecule has 3 rings (SSSR count). The van der Waals surface area contributed by atoms with Gasteiger partial charge in [0.25, 0.3) is 6.23 Å². The second-order valence-corrected chi connectivity index (χ2v) is 5.58. The van der Waals surface area contributed by atoms with Crippen LogP contribution >= 0.6 is 0 Å². The van der Waals surface area contributed by atoms with Gasteiger partial charge in [-0.2, -0.15) is 0 Å². The summed E-state index contributed by atoms with van der Waals surface area (Å²) in [7, 11) is 2.12. The molecule has 2 aliphatic rings. The van der Waals surface area contributed by atoms with Crippen LogP contribution in [0.25, 0.3) is 0 Å². The first kappa shape index (κ1) is 12.3. The van der Waals surface area contributed by atoms with Crippen molar-refractivity contribution in [2.75, 3.05) is 13.8 Å². The van der Waals surface area contributed by atoms with E-state index < -0.39 is 0 Å². The number of ether oxygens (including phenoxy) is 2. The van der Waals surface area contributed by atoms with Gasteiger partial charge in [-0.3, -0.25) is 4.90 Å². The molecule has 5 heteroatoms. The molecule has 0 aromatic heterocycles. The van der Waals surface area contributed by atoms with E-state index in [1.165, 1.54) is 4.90 Å². The lowest BCUT2D eigenvalue weighted by atomic mass is 9.95. The molecule has 0 amide bonds. The highest BCUT2D eigenvalue weighted by atomic mass is 16.7. The first-order chi connectivity index (χ1) is 9.00. The van der Waals surface area contributed by atoms with E-state index in [0.717, 1.165) is 22.8 Å². The van der Waals surface area contributed by atoms with Crippen molar-refractivity contribution in [3.05, 3.63) is 23.8 Å². The van der Waals surface area contributed by atoms with E-state index in [4.69, 9.17) is 14.3 Å². The lowest BCUT2D eigenvalue weighted by Gasteiger charge is -2.39. The van der Waals surface area contributed by atoms with E-state index >= 15 is 0 Å². The number of nitrogens with zero attached hydrogens (tertiary/aromatic N) is 1. The van der Waals surface area contributed by atoms with Gasteiger partial charge in [-0.15, -0.1) is 0 Å². The summed E-state index contributed by atoms with van der Waals surface area (Å²) in [6.07, 6.45) is -0.131. The largest absolute Gasteiger partial charge is 0.454 e. The third-order valence-corrected chi connectivity index (χ3v) is 4.28. The highest BCUT2D eigenvalue weighted by Crippen LogP contribution is 2.34. The van der Waals surface area contributed by atoms with Gasteiger partial charge in [0, 0.05) is 0 Å². The lowest BCUT2D eigenvalue weighted by Crippen LogP contribution is -3.19. The van der Waals surface area contributed by atoms with Crippen molar-refractivity contribution in [1.82, 2.24) is 0 Å². The molecule has 0 saturated heterocycles. The zero-order valence-corrected chi connectivity index (χ0v) is 11.7. The van der Waals surface area contributed by atoms with Gasteiger partial charge in [0.2, 0.25) is 6.79 Å². The molecule has 0 fully saturated rings. The minimum absolute atomic E-state index is 0.0563. The highest BCUT2D eigenvalue weighted by Gasteiger charge is 2.42. The van der Waals surface area contributed by atoms with Gasteiger partial charge in [0.15, 0.2) is 11.5 Å². The third kappa shape index (κ3) is 1.85. The number of hydrogen-bond acceptors (Lipinski definition) is 4. The summed E-state index contributed by atoms with van der Waals surface area (Å²) in [5, 5.41) is 4.21. The van der Waals surface area contributed by atoms with Crippen molar-refractivity contribution in [2.45, 2.75) is 32.5 Å². The molecule has 2 heterocycles. The van der Waals surface area contributed by atoms with Crippen molar-refractivity contribution in [3.8, 4) is 11.5 Å².